The zero-order valence-electron chi connectivity index (χ0n) is 23.8. The number of anilines is 5. The van der Waals surface area contributed by atoms with Crippen molar-refractivity contribution in [1.29, 1.82) is 0 Å². The summed E-state index contributed by atoms with van der Waals surface area (Å²) < 4.78 is 11.2. The van der Waals surface area contributed by atoms with E-state index in [4.69, 9.17) is 15.0 Å². The van der Waals surface area contributed by atoms with E-state index in [1.807, 2.05) is 90.8 Å². The van der Waals surface area contributed by atoms with E-state index >= 15 is 0 Å². The number of ether oxygens (including phenoxy) is 2. The van der Waals surface area contributed by atoms with Crippen molar-refractivity contribution in [2.75, 3.05) is 55.8 Å². The summed E-state index contributed by atoms with van der Waals surface area (Å²) in [6.45, 7) is 2.49. The zero-order valence-corrected chi connectivity index (χ0v) is 23.8. The molecule has 0 aliphatic rings. The van der Waals surface area contributed by atoms with Gasteiger partial charge in [-0.15, -0.1) is 0 Å². The topological polar surface area (TPSA) is 149 Å². The van der Waals surface area contributed by atoms with Crippen molar-refractivity contribution in [2.24, 2.45) is 5.11 Å². The van der Waals surface area contributed by atoms with Crippen molar-refractivity contribution in [3.8, 4) is 11.5 Å². The minimum absolute atomic E-state index is 0.232. The number of rotatable bonds is 16. The molecule has 0 radical (unpaired) electrons. The Balaban J connectivity index is 1.24. The first kappa shape index (κ1) is 30.5. The quantitative estimate of drug-likeness (QED) is 0.0447. The van der Waals surface area contributed by atoms with Crippen molar-refractivity contribution in [3.05, 3.63) is 114 Å². The van der Waals surface area contributed by atoms with Crippen LogP contribution < -0.4 is 20.7 Å². The Bertz CT molecular complexity index is 1530. The third-order valence-electron chi connectivity index (χ3n) is 5.88. The molecule has 0 atom stereocenters. The second kappa shape index (κ2) is 16.7. The Kier molecular flexibility index (Phi) is 11.9. The molecule has 0 bridgehead atoms. The van der Waals surface area contributed by atoms with Crippen molar-refractivity contribution in [2.45, 2.75) is 0 Å². The lowest BCUT2D eigenvalue weighted by molar-refractivity contribution is -0.111. The largest absolute Gasteiger partial charge is 0.457 e. The highest BCUT2D eigenvalue weighted by Crippen LogP contribution is 2.25. The number of hydrogen-bond acceptors (Lipinski definition) is 9. The maximum absolute atomic E-state index is 12.4. The fourth-order valence-corrected chi connectivity index (χ4v) is 3.78. The average molecular weight is 580 g/mol. The summed E-state index contributed by atoms with van der Waals surface area (Å²) in [5.74, 6) is 2.49. The third kappa shape index (κ3) is 11.2. The molecular weight excluding hydrogens is 546 g/mol. The Labute approximate surface area is 250 Å². The van der Waals surface area contributed by atoms with Crippen molar-refractivity contribution in [3.63, 3.8) is 0 Å². The van der Waals surface area contributed by atoms with Crippen LogP contribution in [0.1, 0.15) is 0 Å². The van der Waals surface area contributed by atoms with Gasteiger partial charge in [-0.3, -0.25) is 4.79 Å². The summed E-state index contributed by atoms with van der Waals surface area (Å²) in [7, 11) is 1.93. The third-order valence-corrected chi connectivity index (χ3v) is 5.88. The van der Waals surface area contributed by atoms with Gasteiger partial charge in [0, 0.05) is 53.8 Å². The van der Waals surface area contributed by atoms with Crippen LogP contribution in [-0.4, -0.2) is 60.7 Å². The number of likely N-dealkylation sites (N-methyl/N-ethyl adjacent to an activating group) is 1. The second-order valence-corrected chi connectivity index (χ2v) is 9.28. The van der Waals surface area contributed by atoms with E-state index in [0.717, 1.165) is 22.9 Å². The molecule has 12 heteroatoms. The molecule has 1 aromatic heterocycles. The van der Waals surface area contributed by atoms with E-state index in [1.165, 1.54) is 12.4 Å². The molecule has 4 rings (SSSR count). The molecule has 12 nitrogen and oxygen atoms in total. The van der Waals surface area contributed by atoms with Gasteiger partial charge < -0.3 is 30.3 Å². The van der Waals surface area contributed by atoms with Gasteiger partial charge in [-0.05, 0) is 67.2 Å². The van der Waals surface area contributed by atoms with Crippen LogP contribution >= 0.6 is 0 Å². The van der Waals surface area contributed by atoms with Crippen molar-refractivity contribution in [1.82, 2.24) is 14.9 Å². The van der Waals surface area contributed by atoms with Gasteiger partial charge in [0.1, 0.15) is 29.5 Å². The first-order valence-corrected chi connectivity index (χ1v) is 13.6. The predicted octanol–water partition coefficient (Wildman–Crippen LogP) is 6.51. The number of para-hydroxylation sites is 1. The monoisotopic (exact) mass is 579 g/mol. The van der Waals surface area contributed by atoms with Gasteiger partial charge in [0.15, 0.2) is 0 Å². The summed E-state index contributed by atoms with van der Waals surface area (Å²) in [6.07, 6.45) is 4.76. The van der Waals surface area contributed by atoms with E-state index < -0.39 is 0 Å². The molecule has 0 saturated carbocycles. The molecule has 0 aliphatic heterocycles. The molecule has 0 unspecified atom stereocenters. The maximum atomic E-state index is 12.4. The number of carbonyl (C=O) groups excluding carboxylic acids is 1. The standard InChI is InChI=1S/C31H33N9O3/c1-40(18-20-42-19-16-35-39-32)17-6-11-31(41)38-26-8-5-7-25(21-26)37-30-22-29(33-23-34-30)36-24-12-14-28(15-13-24)43-27-9-3-2-4-10-27/h2-15,21-23H,16-20H2,1H3,(H,38,41)(H2,33,34,36,37)/b11-6+. The lowest BCUT2D eigenvalue weighted by Crippen LogP contribution is -2.24. The van der Waals surface area contributed by atoms with Crippen LogP contribution in [0.25, 0.3) is 10.4 Å². The highest BCUT2D eigenvalue weighted by Gasteiger charge is 2.05. The lowest BCUT2D eigenvalue weighted by atomic mass is 10.2. The molecule has 43 heavy (non-hydrogen) atoms. The van der Waals surface area contributed by atoms with Crippen molar-refractivity contribution < 1.29 is 14.3 Å². The molecular formula is C31H33N9O3. The van der Waals surface area contributed by atoms with Gasteiger partial charge in [0.25, 0.3) is 0 Å². The minimum Gasteiger partial charge on any atom is -0.457 e. The summed E-state index contributed by atoms with van der Waals surface area (Å²) >= 11 is 0. The van der Waals surface area contributed by atoms with E-state index in [9.17, 15) is 4.79 Å². The van der Waals surface area contributed by atoms with Gasteiger partial charge in [-0.1, -0.05) is 35.5 Å². The zero-order chi connectivity index (χ0) is 30.1. The van der Waals surface area contributed by atoms with Crippen LogP contribution in [0.15, 0.2) is 109 Å². The first-order chi connectivity index (χ1) is 21.1. The maximum Gasteiger partial charge on any atom is 0.248 e. The van der Waals surface area contributed by atoms with E-state index in [2.05, 4.69) is 35.9 Å². The molecule has 0 fully saturated rings. The van der Waals surface area contributed by atoms with Gasteiger partial charge in [-0.2, -0.15) is 0 Å². The van der Waals surface area contributed by atoms with Crippen molar-refractivity contribution >= 4 is 34.6 Å². The van der Waals surface area contributed by atoms with Gasteiger partial charge >= 0.3 is 0 Å². The Morgan fingerprint density at radius 2 is 1.63 bits per heavy atom. The smallest absolute Gasteiger partial charge is 0.248 e. The van der Waals surface area contributed by atoms with E-state index in [1.54, 1.807) is 12.1 Å². The molecule has 1 amide bonds. The number of benzene rings is 3. The van der Waals surface area contributed by atoms with Gasteiger partial charge in [0.2, 0.25) is 5.91 Å². The molecule has 220 valence electrons. The van der Waals surface area contributed by atoms with Gasteiger partial charge in [-0.25, -0.2) is 9.97 Å². The highest BCUT2D eigenvalue weighted by atomic mass is 16.5. The number of nitrogens with zero attached hydrogens (tertiary/aromatic N) is 6. The number of carbonyl (C=O) groups is 1. The van der Waals surface area contributed by atoms with E-state index in [0.29, 0.717) is 50.2 Å². The van der Waals surface area contributed by atoms with Crippen LogP contribution in [0.5, 0.6) is 11.5 Å². The molecule has 0 saturated heterocycles. The summed E-state index contributed by atoms with van der Waals surface area (Å²) in [5.41, 5.74) is 10.5. The summed E-state index contributed by atoms with van der Waals surface area (Å²) in [4.78, 5) is 25.7. The number of azide groups is 1. The van der Waals surface area contributed by atoms with Crippen LogP contribution in [-0.2, 0) is 9.53 Å². The molecule has 1 heterocycles. The predicted molar refractivity (Wildman–Crippen MR) is 168 cm³/mol. The Hall–Kier alpha value is -5.42. The molecule has 4 aromatic rings. The number of aromatic nitrogens is 2. The SMILES string of the molecule is CN(C/C=C/C(=O)Nc1cccc(Nc2cc(Nc3ccc(Oc4ccccc4)cc3)ncn2)c1)CCOCCN=[N+]=[N-]. The molecule has 0 spiro atoms. The number of hydrogen-bond donors (Lipinski definition) is 3. The number of amides is 1. The molecule has 3 N–H and O–H groups in total. The average Bonchev–Trinajstić information content (AvgIpc) is 3.01. The minimum atomic E-state index is -0.232. The molecule has 0 aliphatic carbocycles. The fourth-order valence-electron chi connectivity index (χ4n) is 3.78. The fraction of sp³-hybridized carbons (Fsp3) is 0.194. The highest BCUT2D eigenvalue weighted by molar-refractivity contribution is 5.99. The second-order valence-electron chi connectivity index (χ2n) is 9.28. The first-order valence-electron chi connectivity index (χ1n) is 13.6. The summed E-state index contributed by atoms with van der Waals surface area (Å²) in [6, 6.07) is 26.4. The van der Waals surface area contributed by atoms with Crippen LogP contribution in [0.3, 0.4) is 0 Å². The lowest BCUT2D eigenvalue weighted by Gasteiger charge is -2.14. The van der Waals surface area contributed by atoms with E-state index in [-0.39, 0.29) is 5.91 Å². The molecule has 3 aromatic carbocycles. The van der Waals surface area contributed by atoms with Crippen LogP contribution in [0.2, 0.25) is 0 Å². The van der Waals surface area contributed by atoms with Gasteiger partial charge in [0.05, 0.1) is 13.2 Å². The van der Waals surface area contributed by atoms with Crippen LogP contribution in [0, 0.1) is 0 Å². The van der Waals surface area contributed by atoms with Crippen LogP contribution in [0.4, 0.5) is 28.7 Å². The Morgan fingerprint density at radius 1 is 0.907 bits per heavy atom. The number of nitrogens with one attached hydrogen (secondary N) is 3. The normalized spacial score (nSPS) is 10.7. The Morgan fingerprint density at radius 3 is 2.40 bits per heavy atom. The summed E-state index contributed by atoms with van der Waals surface area (Å²) in [5, 5.41) is 12.8.